The first kappa shape index (κ1) is 21.0. The molecule has 0 aliphatic rings. The van der Waals surface area contributed by atoms with Crippen LogP contribution in [0.15, 0.2) is 75.1 Å². The molecule has 1 aromatic heterocycles. The Morgan fingerprint density at radius 2 is 1.87 bits per heavy atom. The number of hydrogen-bond acceptors (Lipinski definition) is 7. The number of nitrogens with zero attached hydrogens (tertiary/aromatic N) is 2. The first-order valence-electron chi connectivity index (χ1n) is 8.21. The average Bonchev–Trinajstić information content (AvgIpc) is 3.19. The van der Waals surface area contributed by atoms with Crippen molar-refractivity contribution in [3.05, 3.63) is 87.1 Å². The van der Waals surface area contributed by atoms with Crippen molar-refractivity contribution in [3.63, 3.8) is 0 Å². The maximum absolute atomic E-state index is 12.5. The summed E-state index contributed by atoms with van der Waals surface area (Å²) in [5.74, 6) is -1.09. The monoisotopic (exact) mass is 448 g/mol. The van der Waals surface area contributed by atoms with Gasteiger partial charge in [-0.15, -0.1) is 0 Å². The Morgan fingerprint density at radius 1 is 1.13 bits per heavy atom. The Morgan fingerprint density at radius 3 is 2.53 bits per heavy atom. The zero-order chi connectivity index (χ0) is 21.7. The first-order chi connectivity index (χ1) is 14.2. The van der Waals surface area contributed by atoms with Gasteiger partial charge in [-0.3, -0.25) is 19.6 Å². The number of nitrogens with one attached hydrogen (secondary N) is 2. The molecule has 0 aliphatic heterocycles. The molecule has 0 atom stereocenters. The van der Waals surface area contributed by atoms with Gasteiger partial charge in [-0.2, -0.15) is 5.10 Å². The molecule has 0 saturated heterocycles. The summed E-state index contributed by atoms with van der Waals surface area (Å²) in [7, 11) is -3.94. The summed E-state index contributed by atoms with van der Waals surface area (Å²) in [4.78, 5) is 22.0. The van der Waals surface area contributed by atoms with Crippen LogP contribution in [0.25, 0.3) is 0 Å². The summed E-state index contributed by atoms with van der Waals surface area (Å²) in [6, 6.07) is 13.9. The lowest BCUT2D eigenvalue weighted by molar-refractivity contribution is -0.402. The number of amides is 1. The number of rotatable bonds is 7. The third-order valence-electron chi connectivity index (χ3n) is 3.65. The van der Waals surface area contributed by atoms with Gasteiger partial charge in [0.05, 0.1) is 17.2 Å². The van der Waals surface area contributed by atoms with Crippen molar-refractivity contribution in [2.24, 2.45) is 5.10 Å². The fourth-order valence-electron chi connectivity index (χ4n) is 2.27. The van der Waals surface area contributed by atoms with E-state index in [1.807, 2.05) is 0 Å². The van der Waals surface area contributed by atoms with Gasteiger partial charge in [0, 0.05) is 16.3 Å². The summed E-state index contributed by atoms with van der Waals surface area (Å²) in [6.45, 7) is 0. The van der Waals surface area contributed by atoms with Crippen molar-refractivity contribution in [1.82, 2.24) is 5.43 Å². The first-order valence-corrected chi connectivity index (χ1v) is 10.1. The molecular weight excluding hydrogens is 436 g/mol. The van der Waals surface area contributed by atoms with Gasteiger partial charge < -0.3 is 4.42 Å². The molecule has 0 radical (unpaired) electrons. The van der Waals surface area contributed by atoms with Crippen molar-refractivity contribution in [3.8, 4) is 0 Å². The highest BCUT2D eigenvalue weighted by atomic mass is 35.5. The number of hydrazone groups is 1. The van der Waals surface area contributed by atoms with Gasteiger partial charge in [-0.1, -0.05) is 17.7 Å². The van der Waals surface area contributed by atoms with E-state index in [4.69, 9.17) is 16.0 Å². The second-order valence-corrected chi connectivity index (χ2v) is 7.89. The Bertz CT molecular complexity index is 1220. The lowest BCUT2D eigenvalue weighted by Gasteiger charge is -2.09. The minimum absolute atomic E-state index is 0.0385. The van der Waals surface area contributed by atoms with Crippen LogP contribution < -0.4 is 10.1 Å². The SMILES string of the molecule is O=C(N/N=C\c1ccc([N+](=O)[O-])o1)c1cccc(S(=O)(=O)Nc2ccc(Cl)cc2)c1. The van der Waals surface area contributed by atoms with E-state index in [0.29, 0.717) is 10.7 Å². The number of sulfonamides is 1. The zero-order valence-electron chi connectivity index (χ0n) is 15.0. The van der Waals surface area contributed by atoms with Gasteiger partial charge in [0.1, 0.15) is 4.92 Å². The van der Waals surface area contributed by atoms with Gasteiger partial charge in [-0.05, 0) is 48.5 Å². The van der Waals surface area contributed by atoms with Gasteiger partial charge in [0.2, 0.25) is 0 Å². The van der Waals surface area contributed by atoms with Crippen LogP contribution in [-0.4, -0.2) is 25.5 Å². The Labute approximate surface area is 175 Å². The molecule has 2 N–H and O–H groups in total. The Balaban J connectivity index is 1.70. The lowest BCUT2D eigenvalue weighted by Crippen LogP contribution is -2.19. The van der Waals surface area contributed by atoms with Gasteiger partial charge >= 0.3 is 5.88 Å². The maximum Gasteiger partial charge on any atom is 0.433 e. The lowest BCUT2D eigenvalue weighted by atomic mass is 10.2. The second-order valence-electron chi connectivity index (χ2n) is 5.77. The van der Waals surface area contributed by atoms with Gasteiger partial charge in [-0.25, -0.2) is 13.8 Å². The highest BCUT2D eigenvalue weighted by molar-refractivity contribution is 7.92. The molecule has 10 nitrogen and oxygen atoms in total. The van der Waals surface area contributed by atoms with E-state index in [-0.39, 0.29) is 16.2 Å². The largest absolute Gasteiger partial charge is 0.433 e. The summed E-state index contributed by atoms with van der Waals surface area (Å²) in [5, 5.41) is 14.7. The second kappa shape index (κ2) is 8.76. The van der Waals surface area contributed by atoms with Crippen LogP contribution >= 0.6 is 11.6 Å². The quantitative estimate of drug-likeness (QED) is 0.322. The van der Waals surface area contributed by atoms with Gasteiger partial charge in [0.25, 0.3) is 15.9 Å². The molecule has 12 heteroatoms. The predicted molar refractivity (Wildman–Crippen MR) is 109 cm³/mol. The molecule has 3 rings (SSSR count). The molecule has 0 spiro atoms. The molecule has 2 aromatic carbocycles. The molecule has 1 amide bonds. The molecule has 1 heterocycles. The summed E-state index contributed by atoms with van der Waals surface area (Å²) in [6.07, 6.45) is 1.08. The van der Waals surface area contributed by atoms with Crippen molar-refractivity contribution < 1.29 is 22.6 Å². The van der Waals surface area contributed by atoms with Crippen LogP contribution in [0.4, 0.5) is 11.6 Å². The number of halogens is 1. The molecule has 0 bridgehead atoms. The Kier molecular flexibility index (Phi) is 6.14. The fourth-order valence-corrected chi connectivity index (χ4v) is 3.50. The number of nitro groups is 1. The standard InChI is InChI=1S/C18H13ClN4O6S/c19-13-4-6-14(7-5-13)22-30(27,28)16-3-1-2-12(10-16)18(24)21-20-11-15-8-9-17(29-15)23(25)26/h1-11,22H,(H,21,24)/b20-11-. The number of carbonyl (C=O) groups is 1. The fraction of sp³-hybridized carbons (Fsp3) is 0. The minimum atomic E-state index is -3.94. The number of carbonyl (C=O) groups excluding carboxylic acids is 1. The van der Waals surface area contributed by atoms with Gasteiger partial charge in [0.15, 0.2) is 5.76 Å². The average molecular weight is 449 g/mol. The Hall–Kier alpha value is -3.70. The summed E-state index contributed by atoms with van der Waals surface area (Å²) >= 11 is 5.78. The topological polar surface area (TPSA) is 144 Å². The molecular formula is C18H13ClN4O6S. The smallest absolute Gasteiger partial charge is 0.400 e. The molecule has 0 aliphatic carbocycles. The number of furan rings is 1. The number of benzene rings is 2. The molecule has 0 unspecified atom stereocenters. The predicted octanol–water partition coefficient (Wildman–Crippen LogP) is 3.41. The van der Waals surface area contributed by atoms with E-state index < -0.39 is 26.7 Å². The molecule has 0 fully saturated rings. The highest BCUT2D eigenvalue weighted by Crippen LogP contribution is 2.19. The zero-order valence-corrected chi connectivity index (χ0v) is 16.6. The summed E-state index contributed by atoms with van der Waals surface area (Å²) < 4.78 is 32.3. The van der Waals surface area contributed by atoms with Crippen LogP contribution in [0, 0.1) is 10.1 Å². The molecule has 3 aromatic rings. The van der Waals surface area contributed by atoms with Crippen LogP contribution in [0.5, 0.6) is 0 Å². The maximum atomic E-state index is 12.5. The normalized spacial score (nSPS) is 11.4. The molecule has 154 valence electrons. The number of hydrogen-bond donors (Lipinski definition) is 2. The summed E-state index contributed by atoms with van der Waals surface area (Å²) in [5.41, 5.74) is 2.54. The third-order valence-corrected chi connectivity index (χ3v) is 5.28. The van der Waals surface area contributed by atoms with E-state index >= 15 is 0 Å². The van der Waals surface area contributed by atoms with Crippen molar-refractivity contribution >= 4 is 45.3 Å². The van der Waals surface area contributed by atoms with E-state index in [1.54, 1.807) is 0 Å². The third kappa shape index (κ3) is 5.21. The van der Waals surface area contributed by atoms with Crippen LogP contribution in [0.3, 0.4) is 0 Å². The molecule has 0 saturated carbocycles. The van der Waals surface area contributed by atoms with Crippen LogP contribution in [0.2, 0.25) is 5.02 Å². The van der Waals surface area contributed by atoms with Crippen molar-refractivity contribution in [1.29, 1.82) is 0 Å². The van der Waals surface area contributed by atoms with E-state index in [0.717, 1.165) is 12.3 Å². The minimum Gasteiger partial charge on any atom is -0.400 e. The number of anilines is 1. The highest BCUT2D eigenvalue weighted by Gasteiger charge is 2.16. The van der Waals surface area contributed by atoms with Crippen molar-refractivity contribution in [2.75, 3.05) is 4.72 Å². The van der Waals surface area contributed by atoms with E-state index in [2.05, 4.69) is 15.2 Å². The van der Waals surface area contributed by atoms with E-state index in [9.17, 15) is 23.3 Å². The van der Waals surface area contributed by atoms with Crippen LogP contribution in [0.1, 0.15) is 16.1 Å². The van der Waals surface area contributed by atoms with Crippen LogP contribution in [-0.2, 0) is 10.0 Å². The molecule has 30 heavy (non-hydrogen) atoms. The van der Waals surface area contributed by atoms with Crippen molar-refractivity contribution in [2.45, 2.75) is 4.90 Å². The van der Waals surface area contributed by atoms with E-state index in [1.165, 1.54) is 54.6 Å².